The van der Waals surface area contributed by atoms with E-state index in [4.69, 9.17) is 10.5 Å². The molecule has 0 aliphatic heterocycles. The minimum atomic E-state index is -0.296. The predicted octanol–water partition coefficient (Wildman–Crippen LogP) is 2.15. The molecule has 2 rings (SSSR count). The molecular weight excluding hydrogens is 294 g/mol. The van der Waals surface area contributed by atoms with Gasteiger partial charge < -0.3 is 21.1 Å². The summed E-state index contributed by atoms with van der Waals surface area (Å²) in [5.74, 6) is -0.0843. The Kier molecular flexibility index (Phi) is 5.32. The molecule has 0 aromatic heterocycles. The standard InChI is InChI=1S/C17H19N3O3/c1-11-7-8-12(19-16(21)10-18)9-14(11)20-17(22)13-5-3-4-6-15(13)23-2/h3-9H,10,18H2,1-2H3,(H,19,21)(H,20,22). The van der Waals surface area contributed by atoms with Crippen LogP contribution < -0.4 is 21.1 Å². The molecule has 2 aromatic rings. The second-order valence-corrected chi connectivity index (χ2v) is 4.94. The lowest BCUT2D eigenvalue weighted by molar-refractivity contribution is -0.114. The Morgan fingerprint density at radius 2 is 1.87 bits per heavy atom. The van der Waals surface area contributed by atoms with E-state index < -0.39 is 0 Å². The van der Waals surface area contributed by atoms with Crippen LogP contribution in [0.15, 0.2) is 42.5 Å². The molecule has 0 unspecified atom stereocenters. The fourth-order valence-electron chi connectivity index (χ4n) is 2.07. The van der Waals surface area contributed by atoms with Crippen molar-refractivity contribution in [3.63, 3.8) is 0 Å². The first-order valence-electron chi connectivity index (χ1n) is 7.10. The zero-order valence-electron chi connectivity index (χ0n) is 13.1. The van der Waals surface area contributed by atoms with Gasteiger partial charge in [0.2, 0.25) is 5.91 Å². The topological polar surface area (TPSA) is 93.5 Å². The zero-order valence-corrected chi connectivity index (χ0v) is 13.1. The number of carbonyl (C=O) groups excluding carboxylic acids is 2. The van der Waals surface area contributed by atoms with E-state index in [1.165, 1.54) is 7.11 Å². The van der Waals surface area contributed by atoms with Crippen molar-refractivity contribution in [2.45, 2.75) is 6.92 Å². The molecule has 0 fully saturated rings. The normalized spacial score (nSPS) is 10.0. The second kappa shape index (κ2) is 7.42. The van der Waals surface area contributed by atoms with Gasteiger partial charge in [-0.1, -0.05) is 18.2 Å². The molecule has 0 heterocycles. The summed E-state index contributed by atoms with van der Waals surface area (Å²) >= 11 is 0. The molecule has 23 heavy (non-hydrogen) atoms. The van der Waals surface area contributed by atoms with Crippen LogP contribution in [0.5, 0.6) is 5.75 Å². The number of ether oxygens (including phenoxy) is 1. The number of benzene rings is 2. The maximum Gasteiger partial charge on any atom is 0.259 e. The lowest BCUT2D eigenvalue weighted by atomic mass is 10.1. The molecule has 0 radical (unpaired) electrons. The smallest absolute Gasteiger partial charge is 0.259 e. The molecule has 2 amide bonds. The number of rotatable bonds is 5. The summed E-state index contributed by atoms with van der Waals surface area (Å²) in [6.07, 6.45) is 0. The fraction of sp³-hybridized carbons (Fsp3) is 0.176. The van der Waals surface area contributed by atoms with E-state index >= 15 is 0 Å². The minimum Gasteiger partial charge on any atom is -0.496 e. The van der Waals surface area contributed by atoms with Crippen LogP contribution >= 0.6 is 0 Å². The number of hydrogen-bond acceptors (Lipinski definition) is 4. The van der Waals surface area contributed by atoms with Crippen molar-refractivity contribution in [3.05, 3.63) is 53.6 Å². The fourth-order valence-corrected chi connectivity index (χ4v) is 2.07. The van der Waals surface area contributed by atoms with Crippen molar-refractivity contribution >= 4 is 23.2 Å². The summed E-state index contributed by atoms with van der Waals surface area (Å²) in [7, 11) is 1.51. The van der Waals surface area contributed by atoms with Crippen LogP contribution in [0, 0.1) is 6.92 Å². The van der Waals surface area contributed by atoms with Crippen LogP contribution in [-0.4, -0.2) is 25.5 Å². The van der Waals surface area contributed by atoms with Crippen molar-refractivity contribution in [3.8, 4) is 5.75 Å². The van der Waals surface area contributed by atoms with Gasteiger partial charge in [0.1, 0.15) is 5.75 Å². The van der Waals surface area contributed by atoms with E-state index in [9.17, 15) is 9.59 Å². The summed E-state index contributed by atoms with van der Waals surface area (Å²) in [5.41, 5.74) is 7.77. The number of nitrogens with one attached hydrogen (secondary N) is 2. The minimum absolute atomic E-state index is 0.100. The van der Waals surface area contributed by atoms with Gasteiger partial charge in [-0.15, -0.1) is 0 Å². The Labute approximate surface area is 134 Å². The highest BCUT2D eigenvalue weighted by Gasteiger charge is 2.13. The molecule has 120 valence electrons. The Morgan fingerprint density at radius 1 is 1.13 bits per heavy atom. The summed E-state index contributed by atoms with van der Waals surface area (Å²) in [6.45, 7) is 1.77. The van der Waals surface area contributed by atoms with Crippen LogP contribution in [0.1, 0.15) is 15.9 Å². The van der Waals surface area contributed by atoms with Gasteiger partial charge in [-0.25, -0.2) is 0 Å². The molecule has 6 heteroatoms. The Bertz CT molecular complexity index is 729. The molecule has 0 atom stereocenters. The average molecular weight is 313 g/mol. The number of hydrogen-bond donors (Lipinski definition) is 3. The van der Waals surface area contributed by atoms with E-state index in [0.717, 1.165) is 5.56 Å². The molecule has 2 aromatic carbocycles. The predicted molar refractivity (Wildman–Crippen MR) is 89.8 cm³/mol. The van der Waals surface area contributed by atoms with Gasteiger partial charge in [-0.05, 0) is 36.8 Å². The van der Waals surface area contributed by atoms with Crippen LogP contribution in [0.4, 0.5) is 11.4 Å². The number of methoxy groups -OCH3 is 1. The Balaban J connectivity index is 2.23. The highest BCUT2D eigenvalue weighted by Crippen LogP contribution is 2.23. The number of anilines is 2. The average Bonchev–Trinajstić information content (AvgIpc) is 2.57. The summed E-state index contributed by atoms with van der Waals surface area (Å²) < 4.78 is 5.19. The monoisotopic (exact) mass is 313 g/mol. The number of amides is 2. The van der Waals surface area contributed by atoms with E-state index in [0.29, 0.717) is 22.7 Å². The maximum absolute atomic E-state index is 12.4. The molecule has 0 aliphatic rings. The Hall–Kier alpha value is -2.86. The summed E-state index contributed by atoms with van der Waals surface area (Å²) in [6, 6.07) is 12.2. The largest absolute Gasteiger partial charge is 0.496 e. The van der Waals surface area contributed by atoms with Crippen LogP contribution in [0.3, 0.4) is 0 Å². The van der Waals surface area contributed by atoms with E-state index in [1.807, 2.05) is 13.0 Å². The van der Waals surface area contributed by atoms with Gasteiger partial charge in [0.15, 0.2) is 0 Å². The molecule has 0 bridgehead atoms. The SMILES string of the molecule is COc1ccccc1C(=O)Nc1cc(NC(=O)CN)ccc1C. The first-order chi connectivity index (χ1) is 11.0. The van der Waals surface area contributed by atoms with Crippen LogP contribution in [0.25, 0.3) is 0 Å². The van der Waals surface area contributed by atoms with Crippen LogP contribution in [0.2, 0.25) is 0 Å². The lowest BCUT2D eigenvalue weighted by Crippen LogP contribution is -2.22. The van der Waals surface area contributed by atoms with Crippen molar-refractivity contribution in [1.29, 1.82) is 0 Å². The van der Waals surface area contributed by atoms with Gasteiger partial charge in [0.05, 0.1) is 19.2 Å². The van der Waals surface area contributed by atoms with Gasteiger partial charge in [-0.2, -0.15) is 0 Å². The number of para-hydroxylation sites is 1. The molecule has 4 N–H and O–H groups in total. The molecular formula is C17H19N3O3. The highest BCUT2D eigenvalue weighted by atomic mass is 16.5. The third-order valence-electron chi connectivity index (χ3n) is 3.31. The zero-order chi connectivity index (χ0) is 16.8. The quantitative estimate of drug-likeness (QED) is 0.788. The van der Waals surface area contributed by atoms with E-state index in [-0.39, 0.29) is 18.4 Å². The molecule has 0 saturated carbocycles. The third-order valence-corrected chi connectivity index (χ3v) is 3.31. The van der Waals surface area contributed by atoms with Gasteiger partial charge in [-0.3, -0.25) is 9.59 Å². The van der Waals surface area contributed by atoms with Crippen molar-refractivity contribution in [1.82, 2.24) is 0 Å². The number of aryl methyl sites for hydroxylation is 1. The van der Waals surface area contributed by atoms with Crippen LogP contribution in [-0.2, 0) is 4.79 Å². The molecule has 0 aliphatic carbocycles. The second-order valence-electron chi connectivity index (χ2n) is 4.94. The highest BCUT2D eigenvalue weighted by molar-refractivity contribution is 6.07. The maximum atomic E-state index is 12.4. The van der Waals surface area contributed by atoms with Gasteiger partial charge in [0.25, 0.3) is 5.91 Å². The van der Waals surface area contributed by atoms with Gasteiger partial charge >= 0.3 is 0 Å². The molecule has 6 nitrogen and oxygen atoms in total. The van der Waals surface area contributed by atoms with Crippen molar-refractivity contribution < 1.29 is 14.3 Å². The Morgan fingerprint density at radius 3 is 2.57 bits per heavy atom. The molecule has 0 spiro atoms. The summed E-state index contributed by atoms with van der Waals surface area (Å²) in [4.78, 5) is 23.8. The molecule has 0 saturated heterocycles. The number of carbonyl (C=O) groups is 2. The van der Waals surface area contributed by atoms with E-state index in [2.05, 4.69) is 10.6 Å². The number of nitrogens with two attached hydrogens (primary N) is 1. The van der Waals surface area contributed by atoms with E-state index in [1.54, 1.807) is 36.4 Å². The van der Waals surface area contributed by atoms with Gasteiger partial charge in [0, 0.05) is 11.4 Å². The first kappa shape index (κ1) is 16.5. The lowest BCUT2D eigenvalue weighted by Gasteiger charge is -2.13. The van der Waals surface area contributed by atoms with Crippen molar-refractivity contribution in [2.75, 3.05) is 24.3 Å². The van der Waals surface area contributed by atoms with Crippen molar-refractivity contribution in [2.24, 2.45) is 5.73 Å². The summed E-state index contributed by atoms with van der Waals surface area (Å²) in [5, 5.41) is 5.49. The first-order valence-corrected chi connectivity index (χ1v) is 7.10. The third kappa shape index (κ3) is 4.08.